The summed E-state index contributed by atoms with van der Waals surface area (Å²) in [6.45, 7) is 0. The van der Waals surface area contributed by atoms with E-state index in [0.717, 1.165) is 32.1 Å². The van der Waals surface area contributed by atoms with Crippen LogP contribution < -0.4 is 0 Å². The van der Waals surface area contributed by atoms with Gasteiger partial charge in [-0.05, 0) is 43.4 Å². The summed E-state index contributed by atoms with van der Waals surface area (Å²) in [5.41, 5.74) is 1.29. The van der Waals surface area contributed by atoms with E-state index in [4.69, 9.17) is 0 Å². The van der Waals surface area contributed by atoms with Crippen molar-refractivity contribution in [3.8, 4) is 0 Å². The average Bonchev–Trinajstić information content (AvgIpc) is 2.29. The lowest BCUT2D eigenvalue weighted by Gasteiger charge is -2.20. The molecule has 1 aliphatic carbocycles. The Morgan fingerprint density at radius 3 is 2.80 bits per heavy atom. The molecule has 0 aromatic carbocycles. The van der Waals surface area contributed by atoms with E-state index in [1.54, 1.807) is 0 Å². The lowest BCUT2D eigenvalue weighted by molar-refractivity contribution is -0.124. The van der Waals surface area contributed by atoms with E-state index in [9.17, 15) is 4.79 Å². The summed E-state index contributed by atoms with van der Waals surface area (Å²) in [6.07, 6.45) is 9.90. The molecule has 0 unspecified atom stereocenters. The van der Waals surface area contributed by atoms with E-state index in [0.29, 0.717) is 11.7 Å². The molecule has 0 N–H and O–H groups in total. The third-order valence-corrected chi connectivity index (χ3v) is 3.21. The van der Waals surface area contributed by atoms with E-state index in [-0.39, 0.29) is 0 Å². The van der Waals surface area contributed by atoms with E-state index in [2.05, 4.69) is 4.98 Å². The summed E-state index contributed by atoms with van der Waals surface area (Å²) in [7, 11) is 0. The number of hydrogen-bond donors (Lipinski definition) is 0. The maximum Gasteiger partial charge on any atom is 0.135 e. The van der Waals surface area contributed by atoms with Crippen molar-refractivity contribution in [2.45, 2.75) is 38.5 Å². The summed E-state index contributed by atoms with van der Waals surface area (Å²) >= 11 is 0. The topological polar surface area (TPSA) is 30.0 Å². The molecule has 80 valence electrons. The fourth-order valence-electron chi connectivity index (χ4n) is 2.25. The van der Waals surface area contributed by atoms with Crippen LogP contribution in [0.3, 0.4) is 0 Å². The van der Waals surface area contributed by atoms with Crippen molar-refractivity contribution in [3.63, 3.8) is 0 Å². The van der Waals surface area contributed by atoms with Gasteiger partial charge in [0.05, 0.1) is 0 Å². The summed E-state index contributed by atoms with van der Waals surface area (Å²) in [5, 5.41) is 0. The van der Waals surface area contributed by atoms with Gasteiger partial charge in [0.25, 0.3) is 0 Å². The molecule has 1 atom stereocenters. The van der Waals surface area contributed by atoms with Crippen molar-refractivity contribution in [3.05, 3.63) is 30.1 Å². The van der Waals surface area contributed by atoms with Gasteiger partial charge in [-0.25, -0.2) is 0 Å². The molecule has 1 aromatic rings. The van der Waals surface area contributed by atoms with Crippen LogP contribution in [-0.2, 0) is 11.2 Å². The first-order chi connectivity index (χ1) is 7.36. The zero-order valence-electron chi connectivity index (χ0n) is 8.98. The molecule has 2 nitrogen and oxygen atoms in total. The van der Waals surface area contributed by atoms with Crippen LogP contribution in [0, 0.1) is 5.92 Å². The molecule has 2 rings (SSSR count). The molecule has 0 amide bonds. The van der Waals surface area contributed by atoms with Crippen molar-refractivity contribution in [2.24, 2.45) is 5.92 Å². The minimum atomic E-state index is 0.326. The highest BCUT2D eigenvalue weighted by molar-refractivity contribution is 5.81. The van der Waals surface area contributed by atoms with E-state index in [1.165, 1.54) is 12.0 Å². The minimum absolute atomic E-state index is 0.326. The first kappa shape index (κ1) is 10.3. The van der Waals surface area contributed by atoms with Crippen LogP contribution in [0.1, 0.15) is 37.7 Å². The molecule has 0 spiro atoms. The van der Waals surface area contributed by atoms with Crippen LogP contribution in [-0.4, -0.2) is 10.8 Å². The highest BCUT2D eigenvalue weighted by atomic mass is 16.1. The monoisotopic (exact) mass is 203 g/mol. The lowest BCUT2D eigenvalue weighted by Crippen LogP contribution is -2.19. The third-order valence-electron chi connectivity index (χ3n) is 3.21. The average molecular weight is 203 g/mol. The number of ketones is 1. The summed E-state index contributed by atoms with van der Waals surface area (Å²) in [5.74, 6) is 0.808. The number of carbonyl (C=O) groups excluding carboxylic acids is 1. The fourth-order valence-corrected chi connectivity index (χ4v) is 2.25. The molecule has 1 heterocycles. The van der Waals surface area contributed by atoms with E-state index >= 15 is 0 Å². The van der Waals surface area contributed by atoms with Gasteiger partial charge in [0.1, 0.15) is 5.78 Å². The van der Waals surface area contributed by atoms with Crippen molar-refractivity contribution < 1.29 is 4.79 Å². The molecular formula is C13H17NO. The second-order valence-electron chi connectivity index (χ2n) is 4.30. The van der Waals surface area contributed by atoms with Crippen LogP contribution in [0.5, 0.6) is 0 Å². The Morgan fingerprint density at radius 1 is 1.27 bits per heavy atom. The van der Waals surface area contributed by atoms with Crippen molar-refractivity contribution in [1.29, 1.82) is 0 Å². The molecule has 0 aliphatic heterocycles. The Kier molecular flexibility index (Phi) is 3.49. The van der Waals surface area contributed by atoms with Crippen molar-refractivity contribution >= 4 is 5.78 Å². The van der Waals surface area contributed by atoms with E-state index < -0.39 is 0 Å². The summed E-state index contributed by atoms with van der Waals surface area (Å²) in [6, 6.07) is 4.07. The fraction of sp³-hybridized carbons (Fsp3) is 0.538. The SMILES string of the molecule is O=C1CCCC[C@H]1CCc1ccncc1. The minimum Gasteiger partial charge on any atom is -0.299 e. The predicted molar refractivity (Wildman–Crippen MR) is 59.5 cm³/mol. The largest absolute Gasteiger partial charge is 0.299 e. The van der Waals surface area contributed by atoms with Gasteiger partial charge in [0.15, 0.2) is 0 Å². The Bertz CT molecular complexity index is 321. The second-order valence-corrected chi connectivity index (χ2v) is 4.30. The summed E-state index contributed by atoms with van der Waals surface area (Å²) in [4.78, 5) is 15.6. The van der Waals surface area contributed by atoms with Gasteiger partial charge in [-0.3, -0.25) is 9.78 Å². The standard InChI is InChI=1S/C13H17NO/c15-13-4-2-1-3-12(13)6-5-11-7-9-14-10-8-11/h7-10,12H,1-6H2/t12-/m0/s1. The molecule has 15 heavy (non-hydrogen) atoms. The lowest BCUT2D eigenvalue weighted by atomic mass is 9.84. The van der Waals surface area contributed by atoms with Crippen LogP contribution in [0.2, 0.25) is 0 Å². The maximum absolute atomic E-state index is 11.6. The second kappa shape index (κ2) is 5.06. The number of pyridine rings is 1. The number of rotatable bonds is 3. The molecule has 1 aromatic heterocycles. The van der Waals surface area contributed by atoms with Crippen LogP contribution in [0.4, 0.5) is 0 Å². The molecular weight excluding hydrogens is 186 g/mol. The van der Waals surface area contributed by atoms with Gasteiger partial charge < -0.3 is 0 Å². The summed E-state index contributed by atoms with van der Waals surface area (Å²) < 4.78 is 0. The number of aromatic nitrogens is 1. The van der Waals surface area contributed by atoms with Crippen LogP contribution in [0.25, 0.3) is 0 Å². The third kappa shape index (κ3) is 2.88. The molecule has 0 bridgehead atoms. The molecule has 0 radical (unpaired) electrons. The number of Topliss-reactive ketones (excluding diaryl/α,β-unsaturated/α-hetero) is 1. The maximum atomic E-state index is 11.6. The Labute approximate surface area is 90.7 Å². The van der Waals surface area contributed by atoms with Gasteiger partial charge in [-0.2, -0.15) is 0 Å². The Morgan fingerprint density at radius 2 is 2.07 bits per heavy atom. The highest BCUT2D eigenvalue weighted by Crippen LogP contribution is 2.24. The number of hydrogen-bond acceptors (Lipinski definition) is 2. The molecule has 0 saturated heterocycles. The zero-order valence-corrected chi connectivity index (χ0v) is 8.98. The van der Waals surface area contributed by atoms with Crippen LogP contribution >= 0.6 is 0 Å². The Hall–Kier alpha value is -1.18. The number of nitrogens with zero attached hydrogens (tertiary/aromatic N) is 1. The van der Waals surface area contributed by atoms with Gasteiger partial charge in [0, 0.05) is 24.7 Å². The molecule has 1 fully saturated rings. The quantitative estimate of drug-likeness (QED) is 0.756. The number of carbonyl (C=O) groups is 1. The first-order valence-corrected chi connectivity index (χ1v) is 5.78. The van der Waals surface area contributed by atoms with E-state index in [1.807, 2.05) is 24.5 Å². The number of aryl methyl sites for hydroxylation is 1. The van der Waals surface area contributed by atoms with Gasteiger partial charge in [0.2, 0.25) is 0 Å². The molecule has 1 saturated carbocycles. The first-order valence-electron chi connectivity index (χ1n) is 5.78. The van der Waals surface area contributed by atoms with Gasteiger partial charge in [-0.15, -0.1) is 0 Å². The molecule has 1 aliphatic rings. The smallest absolute Gasteiger partial charge is 0.135 e. The Balaban J connectivity index is 1.85. The van der Waals surface area contributed by atoms with Crippen molar-refractivity contribution in [2.75, 3.05) is 0 Å². The molecule has 2 heteroatoms. The normalized spacial score (nSPS) is 21.6. The van der Waals surface area contributed by atoms with Crippen LogP contribution in [0.15, 0.2) is 24.5 Å². The van der Waals surface area contributed by atoms with Crippen molar-refractivity contribution in [1.82, 2.24) is 4.98 Å². The predicted octanol–water partition coefficient (Wildman–Crippen LogP) is 2.77. The zero-order chi connectivity index (χ0) is 10.5. The van der Waals surface area contributed by atoms with Gasteiger partial charge in [-0.1, -0.05) is 6.42 Å². The highest BCUT2D eigenvalue weighted by Gasteiger charge is 2.21. The van der Waals surface area contributed by atoms with Gasteiger partial charge >= 0.3 is 0 Å².